The summed E-state index contributed by atoms with van der Waals surface area (Å²) >= 11 is 5.96. The van der Waals surface area contributed by atoms with Gasteiger partial charge in [-0.2, -0.15) is 0 Å². The fourth-order valence-electron chi connectivity index (χ4n) is 1.97. The van der Waals surface area contributed by atoms with Crippen LogP contribution in [0.5, 0.6) is 11.5 Å². The highest BCUT2D eigenvalue weighted by atomic mass is 35.5. The maximum absolute atomic E-state index is 12.4. The fraction of sp³-hybridized carbons (Fsp3) is 0.188. The van der Waals surface area contributed by atoms with Gasteiger partial charge in [0.2, 0.25) is 0 Å². The molecule has 0 aliphatic heterocycles. The first kappa shape index (κ1) is 15.2. The number of hydrogen-bond acceptors (Lipinski definition) is 3. The Morgan fingerprint density at radius 3 is 2.38 bits per heavy atom. The minimum atomic E-state index is -0.281. The number of anilines is 1. The molecule has 1 amide bonds. The van der Waals surface area contributed by atoms with Gasteiger partial charge in [0.05, 0.1) is 25.5 Å². The molecule has 0 heterocycles. The van der Waals surface area contributed by atoms with Crippen molar-refractivity contribution in [3.8, 4) is 11.5 Å². The van der Waals surface area contributed by atoms with Crippen molar-refractivity contribution < 1.29 is 14.3 Å². The van der Waals surface area contributed by atoms with Crippen LogP contribution in [-0.2, 0) is 0 Å². The van der Waals surface area contributed by atoms with E-state index in [-0.39, 0.29) is 5.91 Å². The van der Waals surface area contributed by atoms with Crippen molar-refractivity contribution in [3.05, 3.63) is 52.5 Å². The van der Waals surface area contributed by atoms with Crippen LogP contribution >= 0.6 is 11.6 Å². The van der Waals surface area contributed by atoms with Crippen LogP contribution in [0.15, 0.2) is 36.4 Å². The van der Waals surface area contributed by atoms with Crippen LogP contribution in [0.2, 0.25) is 5.02 Å². The Labute approximate surface area is 128 Å². The average Bonchev–Trinajstić information content (AvgIpc) is 2.47. The molecular weight excluding hydrogens is 290 g/mol. The second-order valence-corrected chi connectivity index (χ2v) is 4.94. The third-order valence-electron chi connectivity index (χ3n) is 3.01. The van der Waals surface area contributed by atoms with Crippen LogP contribution in [0, 0.1) is 6.92 Å². The smallest absolute Gasteiger partial charge is 0.259 e. The second kappa shape index (κ2) is 6.50. The number of nitrogens with one attached hydrogen (secondary N) is 1. The van der Waals surface area contributed by atoms with E-state index in [1.54, 1.807) is 30.3 Å². The summed E-state index contributed by atoms with van der Waals surface area (Å²) < 4.78 is 10.4. The third-order valence-corrected chi connectivity index (χ3v) is 3.24. The van der Waals surface area contributed by atoms with Crippen molar-refractivity contribution >= 4 is 23.2 Å². The number of methoxy groups -OCH3 is 2. The first-order valence-electron chi connectivity index (χ1n) is 6.34. The van der Waals surface area contributed by atoms with Gasteiger partial charge in [0.25, 0.3) is 5.91 Å². The zero-order chi connectivity index (χ0) is 15.4. The Balaban J connectivity index is 2.34. The summed E-state index contributed by atoms with van der Waals surface area (Å²) in [5.41, 5.74) is 1.94. The average molecular weight is 306 g/mol. The number of aryl methyl sites for hydroxylation is 1. The molecule has 2 aromatic carbocycles. The molecule has 2 rings (SSSR count). The lowest BCUT2D eigenvalue weighted by Crippen LogP contribution is -2.14. The third kappa shape index (κ3) is 3.47. The number of benzene rings is 2. The van der Waals surface area contributed by atoms with Gasteiger partial charge >= 0.3 is 0 Å². The molecule has 0 bridgehead atoms. The number of rotatable bonds is 4. The Kier molecular flexibility index (Phi) is 4.70. The molecule has 0 aliphatic carbocycles. The molecule has 5 heteroatoms. The standard InChI is InChI=1S/C16H16ClNO3/c1-10-4-6-14(20-2)12(8-10)16(19)18-13-9-11(17)5-7-15(13)21-3/h4-9H,1-3H3,(H,18,19). The molecule has 4 nitrogen and oxygen atoms in total. The van der Waals surface area contributed by atoms with E-state index in [1.165, 1.54) is 14.2 Å². The van der Waals surface area contributed by atoms with Gasteiger partial charge in [-0.05, 0) is 37.3 Å². The lowest BCUT2D eigenvalue weighted by atomic mass is 10.1. The highest BCUT2D eigenvalue weighted by molar-refractivity contribution is 6.31. The Hall–Kier alpha value is -2.20. The molecule has 0 saturated heterocycles. The Morgan fingerprint density at radius 1 is 1.05 bits per heavy atom. The van der Waals surface area contributed by atoms with Crippen LogP contribution in [0.25, 0.3) is 0 Å². The molecule has 21 heavy (non-hydrogen) atoms. The van der Waals surface area contributed by atoms with E-state index >= 15 is 0 Å². The molecule has 0 aromatic heterocycles. The van der Waals surface area contributed by atoms with Gasteiger partial charge < -0.3 is 14.8 Å². The quantitative estimate of drug-likeness (QED) is 0.931. The normalized spacial score (nSPS) is 10.1. The molecule has 0 radical (unpaired) electrons. The molecule has 1 N–H and O–H groups in total. The van der Waals surface area contributed by atoms with Gasteiger partial charge in [0.1, 0.15) is 11.5 Å². The van der Waals surface area contributed by atoms with Crippen LogP contribution < -0.4 is 14.8 Å². The lowest BCUT2D eigenvalue weighted by Gasteiger charge is -2.13. The van der Waals surface area contributed by atoms with E-state index in [9.17, 15) is 4.79 Å². The van der Waals surface area contributed by atoms with Gasteiger partial charge in [-0.3, -0.25) is 4.79 Å². The molecule has 0 saturated carbocycles. The molecule has 0 atom stereocenters. The van der Waals surface area contributed by atoms with E-state index in [4.69, 9.17) is 21.1 Å². The van der Waals surface area contributed by atoms with Crippen LogP contribution in [0.1, 0.15) is 15.9 Å². The number of amides is 1. The maximum atomic E-state index is 12.4. The first-order valence-corrected chi connectivity index (χ1v) is 6.72. The molecule has 2 aromatic rings. The molecule has 0 spiro atoms. The summed E-state index contributed by atoms with van der Waals surface area (Å²) in [4.78, 5) is 12.4. The number of carbonyl (C=O) groups is 1. The summed E-state index contributed by atoms with van der Waals surface area (Å²) in [6, 6.07) is 10.5. The zero-order valence-corrected chi connectivity index (χ0v) is 12.8. The Bertz CT molecular complexity index is 671. The van der Waals surface area contributed by atoms with Crippen molar-refractivity contribution in [3.63, 3.8) is 0 Å². The van der Waals surface area contributed by atoms with Gasteiger partial charge in [0.15, 0.2) is 0 Å². The maximum Gasteiger partial charge on any atom is 0.259 e. The summed E-state index contributed by atoms with van der Waals surface area (Å²) in [5.74, 6) is 0.773. The summed E-state index contributed by atoms with van der Waals surface area (Å²) in [6.07, 6.45) is 0. The number of hydrogen-bond donors (Lipinski definition) is 1. The first-order chi connectivity index (χ1) is 10.0. The molecule has 0 aliphatic rings. The van der Waals surface area contributed by atoms with Crippen LogP contribution in [0.3, 0.4) is 0 Å². The van der Waals surface area contributed by atoms with E-state index in [0.29, 0.717) is 27.8 Å². The SMILES string of the molecule is COc1ccc(Cl)cc1NC(=O)c1cc(C)ccc1OC. The summed E-state index contributed by atoms with van der Waals surface area (Å²) in [5, 5.41) is 3.31. The molecule has 110 valence electrons. The predicted octanol–water partition coefficient (Wildman–Crippen LogP) is 3.92. The van der Waals surface area contributed by atoms with Gasteiger partial charge in [-0.1, -0.05) is 23.2 Å². The van der Waals surface area contributed by atoms with Crippen molar-refractivity contribution in [1.82, 2.24) is 0 Å². The minimum absolute atomic E-state index is 0.281. The van der Waals surface area contributed by atoms with Crippen molar-refractivity contribution in [1.29, 1.82) is 0 Å². The topological polar surface area (TPSA) is 47.6 Å². The largest absolute Gasteiger partial charge is 0.496 e. The predicted molar refractivity (Wildman–Crippen MR) is 83.7 cm³/mol. The highest BCUT2D eigenvalue weighted by Gasteiger charge is 2.15. The fourth-order valence-corrected chi connectivity index (χ4v) is 2.14. The van der Waals surface area contributed by atoms with Crippen molar-refractivity contribution in [2.24, 2.45) is 0 Å². The monoisotopic (exact) mass is 305 g/mol. The van der Waals surface area contributed by atoms with Crippen LogP contribution in [0.4, 0.5) is 5.69 Å². The van der Waals surface area contributed by atoms with Gasteiger partial charge in [-0.25, -0.2) is 0 Å². The van der Waals surface area contributed by atoms with Crippen molar-refractivity contribution in [2.45, 2.75) is 6.92 Å². The van der Waals surface area contributed by atoms with E-state index < -0.39 is 0 Å². The summed E-state index contributed by atoms with van der Waals surface area (Å²) in [7, 11) is 3.06. The van der Waals surface area contributed by atoms with E-state index in [2.05, 4.69) is 5.32 Å². The number of ether oxygens (including phenoxy) is 2. The summed E-state index contributed by atoms with van der Waals surface area (Å²) in [6.45, 7) is 1.91. The van der Waals surface area contributed by atoms with Crippen LogP contribution in [-0.4, -0.2) is 20.1 Å². The van der Waals surface area contributed by atoms with E-state index in [1.807, 2.05) is 13.0 Å². The highest BCUT2D eigenvalue weighted by Crippen LogP contribution is 2.29. The van der Waals surface area contributed by atoms with Gasteiger partial charge in [-0.15, -0.1) is 0 Å². The molecule has 0 unspecified atom stereocenters. The number of carbonyl (C=O) groups excluding carboxylic acids is 1. The molecule has 0 fully saturated rings. The Morgan fingerprint density at radius 2 is 1.71 bits per heavy atom. The van der Waals surface area contributed by atoms with Gasteiger partial charge in [0, 0.05) is 5.02 Å². The molecular formula is C16H16ClNO3. The lowest BCUT2D eigenvalue weighted by molar-refractivity contribution is 0.102. The minimum Gasteiger partial charge on any atom is -0.496 e. The van der Waals surface area contributed by atoms with Crippen molar-refractivity contribution in [2.75, 3.05) is 19.5 Å². The zero-order valence-electron chi connectivity index (χ0n) is 12.1. The van der Waals surface area contributed by atoms with E-state index in [0.717, 1.165) is 5.56 Å². The number of halogens is 1. The second-order valence-electron chi connectivity index (χ2n) is 4.50.